The van der Waals surface area contributed by atoms with Crippen LogP contribution >= 0.6 is 0 Å². The van der Waals surface area contributed by atoms with Crippen LogP contribution in [0.2, 0.25) is 13.1 Å². The summed E-state index contributed by atoms with van der Waals surface area (Å²) in [4.78, 5) is 10.3. The van der Waals surface area contributed by atoms with Crippen molar-refractivity contribution in [1.29, 1.82) is 0 Å². The first kappa shape index (κ1) is 46.1. The summed E-state index contributed by atoms with van der Waals surface area (Å²) in [6.07, 6.45) is 2.00. The van der Waals surface area contributed by atoms with Crippen molar-refractivity contribution in [2.75, 3.05) is 16.5 Å². The summed E-state index contributed by atoms with van der Waals surface area (Å²) >= 11 is 0. The van der Waals surface area contributed by atoms with E-state index in [0.717, 1.165) is 11.3 Å². The molecule has 2 aliphatic heterocycles. The highest BCUT2D eigenvalue weighted by molar-refractivity contribution is 7.00. The second-order valence-electron chi connectivity index (χ2n) is 22.8. The molecule has 10 aromatic carbocycles. The number of anilines is 4. The maximum absolute atomic E-state index is 5.22. The fraction of sp³-hybridized carbons (Fsp3) is 0.0972. The predicted octanol–water partition coefficient (Wildman–Crippen LogP) is 17.6. The Bertz CT molecular complexity index is 4500. The summed E-state index contributed by atoms with van der Waals surface area (Å²) in [6.45, 7) is 12.6. The van der Waals surface area contributed by atoms with Crippen LogP contribution < -0.4 is 20.2 Å². The quantitative estimate of drug-likeness (QED) is 0.149. The molecule has 0 unspecified atom stereocenters. The van der Waals surface area contributed by atoms with E-state index in [0.29, 0.717) is 6.67 Å². The summed E-state index contributed by atoms with van der Waals surface area (Å²) in [5, 5.41) is 7.75. The normalized spacial score (nSPS) is 13.1. The van der Waals surface area contributed by atoms with Crippen LogP contribution in [0.1, 0.15) is 26.3 Å². The van der Waals surface area contributed by atoms with E-state index in [1.807, 2.05) is 6.20 Å². The van der Waals surface area contributed by atoms with E-state index in [-0.39, 0.29) is 5.41 Å². The van der Waals surface area contributed by atoms with Gasteiger partial charge in [0, 0.05) is 55.7 Å². The summed E-state index contributed by atoms with van der Waals surface area (Å²) < 4.78 is 5.00. The molecule has 0 N–H and O–H groups in total. The number of rotatable bonds is 7. The molecule has 5 heterocycles. The van der Waals surface area contributed by atoms with Gasteiger partial charge in [-0.3, -0.25) is 4.57 Å². The maximum Gasteiger partial charge on any atom is 0.137 e. The van der Waals surface area contributed by atoms with Crippen molar-refractivity contribution in [2.45, 2.75) is 39.3 Å². The van der Waals surface area contributed by atoms with Gasteiger partial charge < -0.3 is 14.4 Å². The van der Waals surface area contributed by atoms with Crippen LogP contribution in [0, 0.1) is 0 Å². The highest BCUT2D eigenvalue weighted by atomic mass is 28.3. The topological polar surface area (TPSA) is 29.2 Å². The molecule has 3 aromatic heterocycles. The van der Waals surface area contributed by atoms with Gasteiger partial charge in [-0.05, 0) is 93.9 Å². The van der Waals surface area contributed by atoms with Gasteiger partial charge in [0.15, 0.2) is 0 Å². The zero-order chi connectivity index (χ0) is 52.4. The molecule has 2 aliphatic rings. The average molecular weight is 1020 g/mol. The molecule has 5 nitrogen and oxygen atoms in total. The van der Waals surface area contributed by atoms with E-state index in [1.54, 1.807) is 0 Å². The number of hydrogen-bond donors (Lipinski definition) is 0. The van der Waals surface area contributed by atoms with Gasteiger partial charge >= 0.3 is 0 Å². The molecule has 13 aromatic rings. The molecule has 0 atom stereocenters. The molecule has 0 fully saturated rings. The number of pyridine rings is 1. The average Bonchev–Trinajstić information content (AvgIpc) is 4.29. The van der Waals surface area contributed by atoms with Crippen molar-refractivity contribution >= 4 is 84.8 Å². The minimum absolute atomic E-state index is 0.0630. The zero-order valence-electron chi connectivity index (χ0n) is 44.5. The minimum atomic E-state index is -2.42. The van der Waals surface area contributed by atoms with Gasteiger partial charge in [0.05, 0.1) is 44.8 Å². The Kier molecular flexibility index (Phi) is 10.3. The van der Waals surface area contributed by atoms with Crippen LogP contribution in [0.4, 0.5) is 22.7 Å². The van der Waals surface area contributed by atoms with Gasteiger partial charge in [-0.15, -0.1) is 0 Å². The number of nitrogens with zero attached hydrogens (tertiary/aromatic N) is 5. The van der Waals surface area contributed by atoms with Crippen molar-refractivity contribution < 1.29 is 0 Å². The Morgan fingerprint density at radius 1 is 0.423 bits per heavy atom. The molecular weight excluding hydrogens is 963 g/mol. The number of fused-ring (bicyclic) bond motifs is 13. The number of para-hydroxylation sites is 5. The van der Waals surface area contributed by atoms with Crippen molar-refractivity contribution in [3.63, 3.8) is 0 Å². The number of benzene rings is 10. The fourth-order valence-corrected chi connectivity index (χ4v) is 15.4. The SMILES string of the molecule is CC(C)(C)c1ccnc(-n2c3cc([Si](C)(C)c4cccc(N5CN(c6c(-c7ccccc7)cccc6-c6ccccc6)c6ccccc65)c4)ccc3c3c4c(ccc32)-n2c3ccccc3c3cccc(c32)-c2ccccc2-4)c1. The lowest BCUT2D eigenvalue weighted by Gasteiger charge is -2.28. The molecule has 78 heavy (non-hydrogen) atoms. The third-order valence-corrected chi connectivity index (χ3v) is 20.5. The first-order chi connectivity index (χ1) is 38.1. The number of aromatic nitrogens is 3. The molecule has 0 bridgehead atoms. The Hall–Kier alpha value is -9.23. The Balaban J connectivity index is 0.904. The standard InChI is InChI=1S/C72H57N5Si/c1-72(2,3)49-41-42-73-67(43-49)76-64-39-40-65-68(57-29-13-12-27-55(57)58-32-20-33-59-56-28-14-15-34-61(56)77(65)71(58)59)69(64)60-38-37-52(45-66(60)76)78(4,5)51-26-18-25-50(44-51)74-46-75(63-36-17-16-35-62(63)74)70-53(47-21-8-6-9-22-47)30-19-31-54(70)48-23-10-7-11-24-48/h6-45H,46H2,1-5H3. The van der Waals surface area contributed by atoms with E-state index in [9.17, 15) is 0 Å². The molecule has 0 saturated carbocycles. The van der Waals surface area contributed by atoms with Crippen molar-refractivity contribution in [2.24, 2.45) is 0 Å². The molecule has 6 heteroatoms. The molecule has 0 amide bonds. The summed E-state index contributed by atoms with van der Waals surface area (Å²) in [6, 6.07) is 88.2. The molecular formula is C72H57N5Si. The smallest absolute Gasteiger partial charge is 0.137 e. The summed E-state index contributed by atoms with van der Waals surface area (Å²) in [5.74, 6) is 0.932. The predicted molar refractivity (Wildman–Crippen MR) is 332 cm³/mol. The second kappa shape index (κ2) is 17.4. The van der Waals surface area contributed by atoms with Crippen LogP contribution in [0.5, 0.6) is 0 Å². The van der Waals surface area contributed by atoms with Crippen LogP contribution in [0.25, 0.3) is 99.6 Å². The monoisotopic (exact) mass is 1020 g/mol. The van der Waals surface area contributed by atoms with Gasteiger partial charge in [0.1, 0.15) is 20.6 Å². The van der Waals surface area contributed by atoms with Crippen molar-refractivity contribution in [1.82, 2.24) is 14.1 Å². The van der Waals surface area contributed by atoms with Gasteiger partial charge in [0.2, 0.25) is 0 Å². The van der Waals surface area contributed by atoms with Crippen molar-refractivity contribution in [3.8, 4) is 56.0 Å². The maximum atomic E-state index is 5.22. The van der Waals surface area contributed by atoms with Gasteiger partial charge in [0.25, 0.3) is 0 Å². The second-order valence-corrected chi connectivity index (χ2v) is 27.2. The zero-order valence-corrected chi connectivity index (χ0v) is 45.5. The summed E-state index contributed by atoms with van der Waals surface area (Å²) in [7, 11) is -2.42. The van der Waals surface area contributed by atoms with E-state index in [2.05, 4.69) is 289 Å². The molecule has 0 radical (unpaired) electrons. The van der Waals surface area contributed by atoms with Gasteiger partial charge in [-0.2, -0.15) is 0 Å². The first-order valence-corrected chi connectivity index (χ1v) is 30.3. The third-order valence-electron chi connectivity index (χ3n) is 17.0. The highest BCUT2D eigenvalue weighted by Gasteiger charge is 2.35. The Morgan fingerprint density at radius 3 is 1.79 bits per heavy atom. The van der Waals surface area contributed by atoms with Gasteiger partial charge in [-0.25, -0.2) is 4.98 Å². The first-order valence-electron chi connectivity index (χ1n) is 27.3. The van der Waals surface area contributed by atoms with Crippen LogP contribution in [-0.4, -0.2) is 28.9 Å². The van der Waals surface area contributed by atoms with Gasteiger partial charge in [-0.1, -0.05) is 220 Å². The van der Waals surface area contributed by atoms with E-state index in [4.69, 9.17) is 4.98 Å². The Morgan fingerprint density at radius 2 is 1.04 bits per heavy atom. The van der Waals surface area contributed by atoms with E-state index in [1.165, 1.54) is 127 Å². The summed E-state index contributed by atoms with van der Waals surface area (Å²) in [5.41, 5.74) is 21.8. The molecule has 0 spiro atoms. The molecule has 15 rings (SSSR count). The molecule has 374 valence electrons. The third kappa shape index (κ3) is 6.96. The van der Waals surface area contributed by atoms with Crippen molar-refractivity contribution in [3.05, 3.63) is 248 Å². The highest BCUT2D eigenvalue weighted by Crippen LogP contribution is 2.52. The van der Waals surface area contributed by atoms with E-state index < -0.39 is 8.07 Å². The minimum Gasteiger partial charge on any atom is -0.321 e. The largest absolute Gasteiger partial charge is 0.321 e. The lowest BCUT2D eigenvalue weighted by atomic mass is 9.88. The van der Waals surface area contributed by atoms with Crippen LogP contribution in [0.15, 0.2) is 243 Å². The molecule has 0 aliphatic carbocycles. The fourth-order valence-electron chi connectivity index (χ4n) is 13.0. The van der Waals surface area contributed by atoms with Crippen LogP contribution in [-0.2, 0) is 5.41 Å². The van der Waals surface area contributed by atoms with E-state index >= 15 is 0 Å². The Labute approximate surface area is 456 Å². The molecule has 0 saturated heterocycles. The number of hydrogen-bond acceptors (Lipinski definition) is 3. The lowest BCUT2D eigenvalue weighted by molar-refractivity contribution is 0.588. The lowest BCUT2D eigenvalue weighted by Crippen LogP contribution is -2.53. The van der Waals surface area contributed by atoms with Crippen LogP contribution in [0.3, 0.4) is 0 Å².